The molecule has 0 aliphatic carbocycles. The number of fused-ring (bicyclic) bond motifs is 1. The summed E-state index contributed by atoms with van der Waals surface area (Å²) in [5, 5.41) is 10.3. The molecule has 9 heteroatoms. The van der Waals surface area contributed by atoms with E-state index in [1.165, 1.54) is 25.2 Å². The van der Waals surface area contributed by atoms with Crippen LogP contribution in [0.4, 0.5) is 5.69 Å². The first kappa shape index (κ1) is 22.9. The molecule has 0 bridgehead atoms. The number of pyridine rings is 1. The normalized spacial score (nSPS) is 13.7. The Morgan fingerprint density at radius 1 is 1.03 bits per heavy atom. The first-order valence-corrected chi connectivity index (χ1v) is 10.3. The van der Waals surface area contributed by atoms with Gasteiger partial charge in [-0.15, -0.1) is 0 Å². The Kier molecular flexibility index (Phi) is 6.29. The molecule has 3 aromatic rings. The van der Waals surface area contributed by atoms with Gasteiger partial charge >= 0.3 is 17.9 Å². The number of aromatic carboxylic acids is 1. The molecule has 2 aromatic carbocycles. The van der Waals surface area contributed by atoms with Crippen molar-refractivity contribution in [3.63, 3.8) is 0 Å². The van der Waals surface area contributed by atoms with E-state index in [0.717, 1.165) is 5.56 Å². The number of carbonyl (C=O) groups is 3. The van der Waals surface area contributed by atoms with Gasteiger partial charge in [0, 0.05) is 16.6 Å². The predicted octanol–water partition coefficient (Wildman–Crippen LogP) is 3.30. The number of rotatable bonds is 5. The molecular weight excluding hydrogens is 440 g/mol. The van der Waals surface area contributed by atoms with Crippen molar-refractivity contribution in [1.29, 1.82) is 0 Å². The minimum absolute atomic E-state index is 0.000811. The summed E-state index contributed by atoms with van der Waals surface area (Å²) in [5.74, 6) is -2.46. The number of carboxylic acid groups (broad SMARTS) is 1. The lowest BCUT2D eigenvalue weighted by Crippen LogP contribution is -2.38. The number of carbonyl (C=O) groups excluding carboxylic acids is 2. The number of esters is 2. The summed E-state index contributed by atoms with van der Waals surface area (Å²) < 4.78 is 15.2. The third-order valence-electron chi connectivity index (χ3n) is 5.48. The van der Waals surface area contributed by atoms with Gasteiger partial charge in [-0.25, -0.2) is 19.4 Å². The zero-order valence-corrected chi connectivity index (χ0v) is 18.8. The number of ether oxygens (including phenoxy) is 3. The fourth-order valence-corrected chi connectivity index (χ4v) is 3.84. The minimum atomic E-state index is -1.06. The summed E-state index contributed by atoms with van der Waals surface area (Å²) in [4.78, 5) is 42.9. The van der Waals surface area contributed by atoms with Gasteiger partial charge in [-0.3, -0.25) is 0 Å². The monoisotopic (exact) mass is 462 g/mol. The number of carboxylic acids is 1. The van der Waals surface area contributed by atoms with E-state index in [2.05, 4.69) is 4.98 Å². The molecule has 0 saturated carbocycles. The topological polar surface area (TPSA) is 115 Å². The molecule has 4 rings (SSSR count). The van der Waals surface area contributed by atoms with Crippen molar-refractivity contribution in [3.8, 4) is 11.3 Å². The van der Waals surface area contributed by atoms with Gasteiger partial charge in [0.1, 0.15) is 12.4 Å². The van der Waals surface area contributed by atoms with Crippen molar-refractivity contribution in [3.05, 3.63) is 70.9 Å². The lowest BCUT2D eigenvalue weighted by atomic mass is 10.0. The van der Waals surface area contributed by atoms with Gasteiger partial charge in [-0.1, -0.05) is 23.8 Å². The molecule has 0 atom stereocenters. The second kappa shape index (κ2) is 9.32. The van der Waals surface area contributed by atoms with Crippen LogP contribution >= 0.6 is 0 Å². The third-order valence-corrected chi connectivity index (χ3v) is 5.48. The first-order valence-electron chi connectivity index (χ1n) is 10.3. The quantitative estimate of drug-likeness (QED) is 0.570. The van der Waals surface area contributed by atoms with Crippen molar-refractivity contribution in [2.45, 2.75) is 6.92 Å². The second-order valence-electron chi connectivity index (χ2n) is 7.65. The molecule has 1 aliphatic heterocycles. The Morgan fingerprint density at radius 3 is 2.50 bits per heavy atom. The van der Waals surface area contributed by atoms with Gasteiger partial charge in [0.05, 0.1) is 43.2 Å². The van der Waals surface area contributed by atoms with Crippen LogP contribution in [0.1, 0.15) is 15.9 Å². The number of hydrogen-bond donors (Lipinski definition) is 1. The SMILES string of the molecule is COC(=O)C1=C(C(=O)OC)N(c2cccc(-c3cc(C(=O)O)c4cc(C)ccc4n3)c2)COC1. The summed E-state index contributed by atoms with van der Waals surface area (Å²) in [5.41, 5.74) is 3.28. The highest BCUT2D eigenvalue weighted by Gasteiger charge is 2.32. The molecule has 2 heterocycles. The first-order chi connectivity index (χ1) is 16.3. The average Bonchev–Trinajstić information content (AvgIpc) is 2.86. The number of nitrogens with zero attached hydrogens (tertiary/aromatic N) is 2. The van der Waals surface area contributed by atoms with Crippen molar-refractivity contribution in [2.75, 3.05) is 32.5 Å². The van der Waals surface area contributed by atoms with Crippen LogP contribution in [-0.4, -0.2) is 55.6 Å². The standard InChI is InChI=1S/C25H22N2O7/c1-14-7-8-20-17(9-14)18(23(28)29)11-21(26-20)15-5-4-6-16(10-15)27-13-34-12-19(24(30)32-2)22(27)25(31)33-3/h4-11H,12-13H2,1-3H3,(H,28,29). The van der Waals surface area contributed by atoms with Crippen molar-refractivity contribution < 1.29 is 33.7 Å². The maximum absolute atomic E-state index is 12.6. The van der Waals surface area contributed by atoms with Gasteiger partial charge in [0.25, 0.3) is 0 Å². The van der Waals surface area contributed by atoms with E-state index in [-0.39, 0.29) is 30.2 Å². The number of aryl methyl sites for hydroxylation is 1. The maximum Gasteiger partial charge on any atom is 0.355 e. The Balaban J connectivity index is 1.84. The number of aromatic nitrogens is 1. The largest absolute Gasteiger partial charge is 0.478 e. The van der Waals surface area contributed by atoms with E-state index >= 15 is 0 Å². The van der Waals surface area contributed by atoms with Crippen LogP contribution in [0.5, 0.6) is 0 Å². The van der Waals surface area contributed by atoms with Gasteiger partial charge in [0.2, 0.25) is 0 Å². The van der Waals surface area contributed by atoms with Gasteiger partial charge in [0.15, 0.2) is 0 Å². The van der Waals surface area contributed by atoms with E-state index in [1.54, 1.807) is 36.4 Å². The van der Waals surface area contributed by atoms with Crippen molar-refractivity contribution in [1.82, 2.24) is 4.98 Å². The predicted molar refractivity (Wildman–Crippen MR) is 123 cm³/mol. The molecule has 34 heavy (non-hydrogen) atoms. The Labute approximate surface area is 195 Å². The van der Waals surface area contributed by atoms with Crippen LogP contribution in [-0.2, 0) is 23.8 Å². The number of methoxy groups -OCH3 is 2. The number of anilines is 1. The Hall–Kier alpha value is -4.24. The van der Waals surface area contributed by atoms with Crippen LogP contribution in [0.15, 0.2) is 59.8 Å². The fraction of sp³-hybridized carbons (Fsp3) is 0.200. The third kappa shape index (κ3) is 4.20. The molecule has 1 aliphatic rings. The van der Waals surface area contributed by atoms with Crippen LogP contribution in [0.3, 0.4) is 0 Å². The Bertz CT molecular complexity index is 1350. The molecule has 9 nitrogen and oxygen atoms in total. The highest BCUT2D eigenvalue weighted by atomic mass is 16.5. The molecule has 0 saturated heterocycles. The molecular formula is C25H22N2O7. The summed E-state index contributed by atoms with van der Waals surface area (Å²) in [7, 11) is 2.44. The molecule has 1 N–H and O–H groups in total. The lowest BCUT2D eigenvalue weighted by molar-refractivity contribution is -0.140. The highest BCUT2D eigenvalue weighted by molar-refractivity contribution is 6.05. The van der Waals surface area contributed by atoms with Gasteiger partial charge in [-0.2, -0.15) is 0 Å². The average molecular weight is 462 g/mol. The summed E-state index contributed by atoms with van der Waals surface area (Å²) >= 11 is 0. The van der Waals surface area contributed by atoms with E-state index in [4.69, 9.17) is 14.2 Å². The van der Waals surface area contributed by atoms with Gasteiger partial charge < -0.3 is 24.2 Å². The van der Waals surface area contributed by atoms with E-state index < -0.39 is 17.9 Å². The molecule has 0 fully saturated rings. The number of hydrogen-bond acceptors (Lipinski definition) is 8. The maximum atomic E-state index is 12.6. The highest BCUT2D eigenvalue weighted by Crippen LogP contribution is 2.31. The zero-order valence-electron chi connectivity index (χ0n) is 18.8. The molecule has 1 aromatic heterocycles. The Morgan fingerprint density at radius 2 is 1.79 bits per heavy atom. The van der Waals surface area contributed by atoms with E-state index in [0.29, 0.717) is 27.8 Å². The van der Waals surface area contributed by atoms with Gasteiger partial charge in [-0.05, 0) is 37.3 Å². The van der Waals surface area contributed by atoms with Crippen molar-refractivity contribution in [2.24, 2.45) is 0 Å². The van der Waals surface area contributed by atoms with Crippen LogP contribution < -0.4 is 4.90 Å². The summed E-state index contributed by atoms with van der Waals surface area (Å²) in [6.45, 7) is 1.79. The lowest BCUT2D eigenvalue weighted by Gasteiger charge is -2.31. The number of benzene rings is 2. The van der Waals surface area contributed by atoms with Crippen LogP contribution in [0.2, 0.25) is 0 Å². The fourth-order valence-electron chi connectivity index (χ4n) is 3.84. The zero-order chi connectivity index (χ0) is 24.4. The van der Waals surface area contributed by atoms with E-state index in [1.807, 2.05) is 13.0 Å². The summed E-state index contributed by atoms with van der Waals surface area (Å²) in [6.07, 6.45) is 0. The van der Waals surface area contributed by atoms with Crippen LogP contribution in [0, 0.1) is 6.92 Å². The van der Waals surface area contributed by atoms with Crippen LogP contribution in [0.25, 0.3) is 22.2 Å². The second-order valence-corrected chi connectivity index (χ2v) is 7.65. The van der Waals surface area contributed by atoms with Crippen molar-refractivity contribution >= 4 is 34.5 Å². The van der Waals surface area contributed by atoms with E-state index in [9.17, 15) is 19.5 Å². The molecule has 0 unspecified atom stereocenters. The molecule has 0 amide bonds. The molecule has 0 spiro atoms. The summed E-state index contributed by atoms with van der Waals surface area (Å²) in [6, 6.07) is 14.0. The molecule has 0 radical (unpaired) electrons. The minimum Gasteiger partial charge on any atom is -0.478 e. The smallest absolute Gasteiger partial charge is 0.355 e. The molecule has 174 valence electrons.